The van der Waals surface area contributed by atoms with Crippen molar-refractivity contribution >= 4 is 74.7 Å². The van der Waals surface area contributed by atoms with Crippen molar-refractivity contribution in [2.45, 2.75) is 0 Å². The molecule has 0 aliphatic carbocycles. The zero-order valence-electron chi connectivity index (χ0n) is 9.30. The maximum absolute atomic E-state index is 3.61. The third-order valence-electron chi connectivity index (χ3n) is 2.57. The number of hydrogen-bond donors (Lipinski definition) is 0. The first-order valence-electron chi connectivity index (χ1n) is 5.36. The van der Waals surface area contributed by atoms with Crippen LogP contribution in [0.1, 0.15) is 0 Å². The van der Waals surface area contributed by atoms with E-state index in [-0.39, 0.29) is 0 Å². The zero-order chi connectivity index (χ0) is 12.6. The van der Waals surface area contributed by atoms with E-state index in [4.69, 9.17) is 0 Å². The number of hydrogen-bond acceptors (Lipinski definition) is 0. The van der Waals surface area contributed by atoms with Gasteiger partial charge in [0.1, 0.15) is 0 Å². The predicted octanol–water partition coefficient (Wildman–Crippen LogP) is 1.92. The molecule has 18 heavy (non-hydrogen) atoms. The molecule has 1 fully saturated rings. The summed E-state index contributed by atoms with van der Waals surface area (Å²) in [6.07, 6.45) is 0. The summed E-state index contributed by atoms with van der Waals surface area (Å²) >= 11 is 8.72. The molecule has 1 aliphatic rings. The van der Waals surface area contributed by atoms with E-state index in [9.17, 15) is 0 Å². The van der Waals surface area contributed by atoms with Gasteiger partial charge in [0.15, 0.2) is 0 Å². The quantitative estimate of drug-likeness (QED) is 0.410. The van der Waals surface area contributed by atoms with Crippen LogP contribution in [0.5, 0.6) is 0 Å². The normalized spacial score (nSPS) is 30.7. The molecule has 0 atom stereocenters. The van der Waals surface area contributed by atoms with E-state index < -0.39 is 5.78 Å². The van der Waals surface area contributed by atoms with Gasteiger partial charge in [0.05, 0.1) is 0 Å². The zero-order valence-corrected chi connectivity index (χ0v) is 17.9. The first kappa shape index (κ1) is 14.3. The van der Waals surface area contributed by atoms with Crippen molar-refractivity contribution in [2.75, 3.05) is 0 Å². The molecular weight excluding hydrogens is 522 g/mol. The van der Waals surface area contributed by atoms with Crippen LogP contribution in [-0.2, 0) is 0 Å². The molecule has 1 heterocycles. The summed E-state index contributed by atoms with van der Waals surface area (Å²) < 4.78 is -1.73. The fraction of sp³-hybridized carbons (Fsp3) is 0. The van der Waals surface area contributed by atoms with Crippen molar-refractivity contribution in [1.29, 1.82) is 0 Å². The molecule has 0 N–H and O–H groups in total. The fourth-order valence-corrected chi connectivity index (χ4v) is 161. The summed E-state index contributed by atoms with van der Waals surface area (Å²) in [5, 5.41) is 3.21. The molecule has 0 spiro atoms. The Balaban J connectivity index is 1.89. The van der Waals surface area contributed by atoms with Gasteiger partial charge >= 0.3 is 135 Å². The monoisotopic (exact) mass is 536 g/mol. The van der Waals surface area contributed by atoms with Crippen molar-refractivity contribution < 1.29 is 0 Å². The van der Waals surface area contributed by atoms with E-state index in [1.807, 2.05) is 0 Å². The van der Waals surface area contributed by atoms with Gasteiger partial charge in [-0.05, 0) is 0 Å². The Labute approximate surface area is 134 Å². The minimum absolute atomic E-state index is 0.753. The Morgan fingerprint density at radius 2 is 0.944 bits per heavy atom. The Bertz CT molecular complexity index is 583. The second-order valence-corrected chi connectivity index (χ2v) is 56.1. The van der Waals surface area contributed by atoms with Crippen molar-refractivity contribution in [3.8, 4) is 0 Å². The molecule has 0 unspecified atom stereocenters. The van der Waals surface area contributed by atoms with Crippen LogP contribution in [0.25, 0.3) is 0 Å². The number of benzene rings is 2. The van der Waals surface area contributed by atoms with Crippen LogP contribution < -0.4 is 10.6 Å². The predicted molar refractivity (Wildman–Crippen MR) is 89.0 cm³/mol. The van der Waals surface area contributed by atoms with Crippen LogP contribution in [0, 0.1) is 0 Å². The second kappa shape index (κ2) is 5.64. The van der Waals surface area contributed by atoms with Crippen LogP contribution in [0.4, 0.5) is 0 Å². The summed E-state index contributed by atoms with van der Waals surface area (Å²) in [6.45, 7) is 0. The minimum atomic E-state index is -0.864. The Kier molecular flexibility index (Phi) is 4.48. The maximum atomic E-state index is 3.61. The number of rotatable bonds is 2. The van der Waals surface area contributed by atoms with Gasteiger partial charge in [0.2, 0.25) is 0 Å². The molecular formula is C12H10P2Se4. The molecule has 0 nitrogen and oxygen atoms in total. The first-order chi connectivity index (χ1) is 8.62. The fourth-order valence-electron chi connectivity index (χ4n) is 1.70. The van der Waals surface area contributed by atoms with Gasteiger partial charge in [0.25, 0.3) is 0 Å². The summed E-state index contributed by atoms with van der Waals surface area (Å²) in [6, 6.07) is 22.2. The van der Waals surface area contributed by atoms with Gasteiger partial charge in [-0.1, -0.05) is 0 Å². The molecule has 0 saturated carbocycles. The van der Waals surface area contributed by atoms with E-state index in [2.05, 4.69) is 90.9 Å². The molecule has 1 aliphatic heterocycles. The van der Waals surface area contributed by atoms with E-state index in [0.717, 1.165) is 28.1 Å². The van der Waals surface area contributed by atoms with Gasteiger partial charge in [-0.3, -0.25) is 0 Å². The molecule has 92 valence electrons. The molecule has 6 heteroatoms. The Hall–Kier alpha value is 1.38. The van der Waals surface area contributed by atoms with Gasteiger partial charge in [0, 0.05) is 0 Å². The van der Waals surface area contributed by atoms with Gasteiger partial charge in [-0.15, -0.1) is 0 Å². The van der Waals surface area contributed by atoms with Crippen molar-refractivity contribution in [3.05, 3.63) is 60.7 Å². The molecule has 2 aromatic rings. The third kappa shape index (κ3) is 2.72. The standard InChI is InChI=1S/C12H10P2Se4/c15-13(11-7-3-1-4-8-11)17-14(16,18-13)12-9-5-2-6-10-12/h1-10H. The van der Waals surface area contributed by atoms with Crippen molar-refractivity contribution in [3.63, 3.8) is 0 Å². The van der Waals surface area contributed by atoms with Crippen LogP contribution in [0.3, 0.4) is 0 Å². The van der Waals surface area contributed by atoms with Crippen LogP contribution in [0.2, 0.25) is 0 Å². The van der Waals surface area contributed by atoms with E-state index in [1.165, 1.54) is 0 Å². The van der Waals surface area contributed by atoms with Gasteiger partial charge < -0.3 is 0 Å². The van der Waals surface area contributed by atoms with Crippen molar-refractivity contribution in [1.82, 2.24) is 0 Å². The van der Waals surface area contributed by atoms with Crippen LogP contribution >= 0.6 is 5.78 Å². The Morgan fingerprint density at radius 1 is 0.611 bits per heavy atom. The molecule has 0 bridgehead atoms. The molecule has 0 radical (unpaired) electrons. The molecule has 3 rings (SSSR count). The Morgan fingerprint density at radius 3 is 1.28 bits per heavy atom. The summed E-state index contributed by atoms with van der Waals surface area (Å²) in [5.74, 6) is 0. The first-order valence-corrected chi connectivity index (χ1v) is 22.2. The average Bonchev–Trinajstić information content (AvgIpc) is 2.39. The molecule has 0 amide bonds. The van der Waals surface area contributed by atoms with E-state index >= 15 is 0 Å². The summed E-state index contributed by atoms with van der Waals surface area (Å²) in [7, 11) is 0. The van der Waals surface area contributed by atoms with Crippen LogP contribution in [-0.4, -0.2) is 58.3 Å². The van der Waals surface area contributed by atoms with Gasteiger partial charge in [-0.2, -0.15) is 0 Å². The molecule has 1 saturated heterocycles. The van der Waals surface area contributed by atoms with E-state index in [0.29, 0.717) is 0 Å². The van der Waals surface area contributed by atoms with E-state index in [1.54, 1.807) is 10.6 Å². The SMILES string of the molecule is [Se]=P1(c2ccccc2)[Se]P(=[Se])(c2ccccc2)[Se]1. The molecule has 0 aromatic heterocycles. The molecule has 2 aromatic carbocycles. The van der Waals surface area contributed by atoms with Crippen molar-refractivity contribution in [2.24, 2.45) is 0 Å². The third-order valence-corrected chi connectivity index (χ3v) is 84.4. The van der Waals surface area contributed by atoms with Gasteiger partial charge in [-0.25, -0.2) is 0 Å². The topological polar surface area (TPSA) is 0 Å². The van der Waals surface area contributed by atoms with Crippen LogP contribution in [0.15, 0.2) is 60.7 Å². The average molecular weight is 532 g/mol. The summed E-state index contributed by atoms with van der Waals surface area (Å²) in [4.78, 5) is 0. The summed E-state index contributed by atoms with van der Waals surface area (Å²) in [5.41, 5.74) is 0. The second-order valence-electron chi connectivity index (χ2n) is 3.83.